The molecule has 1 aliphatic carbocycles. The minimum Gasteiger partial charge on any atom is -0.472 e. The Morgan fingerprint density at radius 2 is 1.84 bits per heavy atom. The lowest BCUT2D eigenvalue weighted by molar-refractivity contribution is 0.564. The van der Waals surface area contributed by atoms with E-state index in [1.165, 1.54) is 27.5 Å². The SMILES string of the molecule is ClC(c1ccoc1)c1ccc2c3c(cccc13)CC2. The molecule has 0 spiro atoms. The summed E-state index contributed by atoms with van der Waals surface area (Å²) in [6, 6.07) is 12.9. The summed E-state index contributed by atoms with van der Waals surface area (Å²) in [5.41, 5.74) is 5.08. The van der Waals surface area contributed by atoms with Gasteiger partial charge < -0.3 is 4.42 Å². The number of furan rings is 1. The molecule has 1 aliphatic rings. The second-order valence-corrected chi connectivity index (χ2v) is 5.51. The summed E-state index contributed by atoms with van der Waals surface area (Å²) >= 11 is 6.62. The van der Waals surface area contributed by atoms with E-state index < -0.39 is 0 Å². The smallest absolute Gasteiger partial charge is 0.0952 e. The van der Waals surface area contributed by atoms with E-state index in [9.17, 15) is 0 Å². The highest BCUT2D eigenvalue weighted by atomic mass is 35.5. The third-order valence-corrected chi connectivity index (χ3v) is 4.51. The van der Waals surface area contributed by atoms with Crippen LogP contribution in [0.2, 0.25) is 0 Å². The summed E-state index contributed by atoms with van der Waals surface area (Å²) in [7, 11) is 0. The van der Waals surface area contributed by atoms with Crippen molar-refractivity contribution in [3.05, 3.63) is 71.2 Å². The van der Waals surface area contributed by atoms with Crippen LogP contribution in [0, 0.1) is 0 Å². The number of hydrogen-bond donors (Lipinski definition) is 0. The van der Waals surface area contributed by atoms with E-state index >= 15 is 0 Å². The quantitative estimate of drug-likeness (QED) is 0.605. The van der Waals surface area contributed by atoms with Crippen molar-refractivity contribution in [3.8, 4) is 0 Å². The normalized spacial score (nSPS) is 15.0. The van der Waals surface area contributed by atoms with Crippen molar-refractivity contribution < 1.29 is 4.42 Å². The lowest BCUT2D eigenvalue weighted by Gasteiger charge is -2.13. The Bertz CT molecular complexity index is 733. The van der Waals surface area contributed by atoms with Crippen LogP contribution in [0.15, 0.2) is 53.3 Å². The largest absolute Gasteiger partial charge is 0.472 e. The predicted molar refractivity (Wildman–Crippen MR) is 77.8 cm³/mol. The van der Waals surface area contributed by atoms with Gasteiger partial charge in [-0.3, -0.25) is 0 Å². The maximum Gasteiger partial charge on any atom is 0.0952 e. The molecule has 0 bridgehead atoms. The van der Waals surface area contributed by atoms with Crippen LogP contribution in [-0.2, 0) is 12.8 Å². The molecule has 2 aromatic carbocycles. The molecule has 0 amide bonds. The molecular formula is C17H13ClO. The zero-order chi connectivity index (χ0) is 12.8. The molecule has 0 saturated carbocycles. The van der Waals surface area contributed by atoms with Gasteiger partial charge in [0.25, 0.3) is 0 Å². The number of rotatable bonds is 2. The molecule has 0 radical (unpaired) electrons. The summed E-state index contributed by atoms with van der Waals surface area (Å²) in [5.74, 6) is 0. The molecule has 1 nitrogen and oxygen atoms in total. The van der Waals surface area contributed by atoms with Crippen LogP contribution in [0.4, 0.5) is 0 Å². The van der Waals surface area contributed by atoms with Crippen LogP contribution in [0.1, 0.15) is 27.6 Å². The molecule has 1 aromatic heterocycles. The molecule has 0 N–H and O–H groups in total. The maximum absolute atomic E-state index is 6.62. The van der Waals surface area contributed by atoms with Gasteiger partial charge in [-0.15, -0.1) is 11.6 Å². The van der Waals surface area contributed by atoms with Crippen molar-refractivity contribution >= 4 is 22.4 Å². The van der Waals surface area contributed by atoms with Gasteiger partial charge in [0, 0.05) is 5.56 Å². The van der Waals surface area contributed by atoms with E-state index in [1.807, 2.05) is 6.07 Å². The molecule has 94 valence electrons. The summed E-state index contributed by atoms with van der Waals surface area (Å²) in [5, 5.41) is 2.55. The third kappa shape index (κ3) is 1.62. The van der Waals surface area contributed by atoms with Gasteiger partial charge in [-0.2, -0.15) is 0 Å². The summed E-state index contributed by atoms with van der Waals surface area (Å²) in [6.45, 7) is 0. The zero-order valence-corrected chi connectivity index (χ0v) is 11.2. The van der Waals surface area contributed by atoms with Gasteiger partial charge >= 0.3 is 0 Å². The fourth-order valence-corrected chi connectivity index (χ4v) is 3.40. The maximum atomic E-state index is 6.62. The molecule has 0 aliphatic heterocycles. The lowest BCUT2D eigenvalue weighted by Crippen LogP contribution is -1.94. The van der Waals surface area contributed by atoms with Gasteiger partial charge in [-0.05, 0) is 46.4 Å². The average molecular weight is 269 g/mol. The molecule has 0 fully saturated rings. The van der Waals surface area contributed by atoms with Crippen LogP contribution in [0.5, 0.6) is 0 Å². The van der Waals surface area contributed by atoms with Gasteiger partial charge in [0.15, 0.2) is 0 Å². The van der Waals surface area contributed by atoms with Gasteiger partial charge in [0.1, 0.15) is 0 Å². The number of aryl methyl sites for hydroxylation is 2. The summed E-state index contributed by atoms with van der Waals surface area (Å²) in [4.78, 5) is 0. The predicted octanol–water partition coefficient (Wildman–Crippen LogP) is 4.86. The van der Waals surface area contributed by atoms with Gasteiger partial charge in [0.2, 0.25) is 0 Å². The van der Waals surface area contributed by atoms with Gasteiger partial charge in [-0.1, -0.05) is 30.3 Å². The van der Waals surface area contributed by atoms with Crippen LogP contribution in [-0.4, -0.2) is 0 Å². The highest BCUT2D eigenvalue weighted by Gasteiger charge is 2.20. The van der Waals surface area contributed by atoms with E-state index in [1.54, 1.807) is 12.5 Å². The van der Waals surface area contributed by atoms with E-state index in [0.29, 0.717) is 0 Å². The van der Waals surface area contributed by atoms with Crippen LogP contribution < -0.4 is 0 Å². The Labute approximate surface area is 116 Å². The lowest BCUT2D eigenvalue weighted by atomic mass is 9.96. The van der Waals surface area contributed by atoms with Crippen molar-refractivity contribution in [1.29, 1.82) is 0 Å². The monoisotopic (exact) mass is 268 g/mol. The Morgan fingerprint density at radius 3 is 2.63 bits per heavy atom. The molecule has 1 unspecified atom stereocenters. The first-order chi connectivity index (χ1) is 9.34. The van der Waals surface area contributed by atoms with Gasteiger partial charge in [-0.25, -0.2) is 0 Å². The van der Waals surface area contributed by atoms with Crippen molar-refractivity contribution in [2.24, 2.45) is 0 Å². The first-order valence-corrected chi connectivity index (χ1v) is 6.98. The van der Waals surface area contributed by atoms with Crippen molar-refractivity contribution in [2.45, 2.75) is 18.2 Å². The number of alkyl halides is 1. The molecule has 2 heteroatoms. The Morgan fingerprint density at radius 1 is 1.00 bits per heavy atom. The Hall–Kier alpha value is -1.73. The minimum atomic E-state index is -0.149. The fourth-order valence-electron chi connectivity index (χ4n) is 3.09. The Kier molecular flexibility index (Phi) is 2.42. The summed E-state index contributed by atoms with van der Waals surface area (Å²) in [6.07, 6.45) is 5.69. The molecule has 0 saturated heterocycles. The van der Waals surface area contributed by atoms with E-state index in [2.05, 4.69) is 30.3 Å². The number of halogens is 1. The van der Waals surface area contributed by atoms with E-state index in [-0.39, 0.29) is 5.38 Å². The highest BCUT2D eigenvalue weighted by molar-refractivity contribution is 6.23. The molecule has 1 atom stereocenters. The first kappa shape index (κ1) is 11.1. The van der Waals surface area contributed by atoms with Crippen molar-refractivity contribution in [1.82, 2.24) is 0 Å². The summed E-state index contributed by atoms with van der Waals surface area (Å²) < 4.78 is 5.14. The molecule has 3 aromatic rings. The average Bonchev–Trinajstić information content (AvgIpc) is 3.09. The first-order valence-electron chi connectivity index (χ1n) is 6.54. The second kappa shape index (κ2) is 4.14. The van der Waals surface area contributed by atoms with Crippen LogP contribution in [0.3, 0.4) is 0 Å². The van der Waals surface area contributed by atoms with E-state index in [4.69, 9.17) is 16.0 Å². The number of hydrogen-bond acceptors (Lipinski definition) is 1. The topological polar surface area (TPSA) is 13.1 Å². The van der Waals surface area contributed by atoms with Crippen molar-refractivity contribution in [2.75, 3.05) is 0 Å². The van der Waals surface area contributed by atoms with Crippen molar-refractivity contribution in [3.63, 3.8) is 0 Å². The molecule has 4 rings (SSSR count). The standard InChI is InChI=1S/C17H13ClO/c18-17(13-8-9-19-10-13)15-7-6-12-5-4-11-2-1-3-14(15)16(11)12/h1-3,6-10,17H,4-5H2. The highest BCUT2D eigenvalue weighted by Crippen LogP contribution is 2.39. The fraction of sp³-hybridized carbons (Fsp3) is 0.176. The molecule has 19 heavy (non-hydrogen) atoms. The van der Waals surface area contributed by atoms with E-state index in [0.717, 1.165) is 18.4 Å². The molecule has 1 heterocycles. The van der Waals surface area contributed by atoms with Gasteiger partial charge in [0.05, 0.1) is 17.9 Å². The van der Waals surface area contributed by atoms with Crippen LogP contribution >= 0.6 is 11.6 Å². The zero-order valence-electron chi connectivity index (χ0n) is 10.4. The molecular weight excluding hydrogens is 256 g/mol. The minimum absolute atomic E-state index is 0.149. The third-order valence-electron chi connectivity index (χ3n) is 4.02. The van der Waals surface area contributed by atoms with Crippen LogP contribution in [0.25, 0.3) is 10.8 Å². The second-order valence-electron chi connectivity index (χ2n) is 5.07. The number of benzene rings is 2. The Balaban J connectivity index is 1.97.